The van der Waals surface area contributed by atoms with E-state index in [4.69, 9.17) is 4.74 Å². The molecule has 0 saturated carbocycles. The summed E-state index contributed by atoms with van der Waals surface area (Å²) in [7, 11) is -1.55. The summed E-state index contributed by atoms with van der Waals surface area (Å²) in [4.78, 5) is 16.6. The van der Waals surface area contributed by atoms with Crippen molar-refractivity contribution >= 4 is 26.8 Å². The molecule has 1 fully saturated rings. The number of aryl methyl sites for hydroxylation is 1. The minimum absolute atomic E-state index is 0.0138. The summed E-state index contributed by atoms with van der Waals surface area (Å²) in [5, 5.41) is 14.6. The van der Waals surface area contributed by atoms with E-state index in [-0.39, 0.29) is 23.1 Å². The van der Waals surface area contributed by atoms with E-state index in [9.17, 15) is 18.3 Å². The van der Waals surface area contributed by atoms with Crippen LogP contribution >= 0.6 is 0 Å². The van der Waals surface area contributed by atoms with Crippen LogP contribution in [0.5, 0.6) is 5.75 Å². The van der Waals surface area contributed by atoms with E-state index in [0.29, 0.717) is 34.6 Å². The van der Waals surface area contributed by atoms with Crippen molar-refractivity contribution in [2.75, 3.05) is 18.6 Å². The highest BCUT2D eigenvalue weighted by Gasteiger charge is 2.32. The van der Waals surface area contributed by atoms with Gasteiger partial charge in [0.15, 0.2) is 15.5 Å². The molecule has 1 saturated heterocycles. The zero-order valence-electron chi connectivity index (χ0n) is 15.4. The molecule has 9 heteroatoms. The second kappa shape index (κ2) is 6.59. The number of rotatable bonds is 4. The fourth-order valence-corrected chi connectivity index (χ4v) is 5.31. The number of carboxylic acids is 1. The van der Waals surface area contributed by atoms with Crippen molar-refractivity contribution in [3.63, 3.8) is 0 Å². The van der Waals surface area contributed by atoms with Crippen LogP contribution in [-0.4, -0.2) is 52.9 Å². The van der Waals surface area contributed by atoms with Gasteiger partial charge in [0.2, 0.25) is 0 Å². The summed E-state index contributed by atoms with van der Waals surface area (Å²) < 4.78 is 30.6. The second-order valence-corrected chi connectivity index (χ2v) is 9.10. The smallest absolute Gasteiger partial charge is 0.336 e. The topological polar surface area (TPSA) is 111 Å². The predicted molar refractivity (Wildman–Crippen MR) is 104 cm³/mol. The van der Waals surface area contributed by atoms with Crippen LogP contribution in [0.2, 0.25) is 0 Å². The van der Waals surface area contributed by atoms with E-state index in [0.717, 1.165) is 5.56 Å². The minimum Gasteiger partial charge on any atom is -0.497 e. The molecule has 3 heterocycles. The third kappa shape index (κ3) is 3.11. The van der Waals surface area contributed by atoms with Gasteiger partial charge in [0.25, 0.3) is 0 Å². The molecule has 0 unspecified atom stereocenters. The van der Waals surface area contributed by atoms with Gasteiger partial charge in [-0.2, -0.15) is 5.10 Å². The number of fused-ring (bicyclic) bond motifs is 1. The fourth-order valence-electron chi connectivity index (χ4n) is 3.61. The number of nitrogens with zero attached hydrogens (tertiary/aromatic N) is 3. The van der Waals surface area contributed by atoms with Gasteiger partial charge in [0.1, 0.15) is 5.75 Å². The van der Waals surface area contributed by atoms with Gasteiger partial charge in [-0.25, -0.2) is 22.9 Å². The van der Waals surface area contributed by atoms with Crippen LogP contribution in [0.15, 0.2) is 30.3 Å². The average molecular weight is 401 g/mol. The Labute approximate surface area is 161 Å². The Balaban J connectivity index is 1.93. The maximum Gasteiger partial charge on any atom is 0.336 e. The van der Waals surface area contributed by atoms with Gasteiger partial charge in [-0.3, -0.25) is 0 Å². The molecule has 8 nitrogen and oxygen atoms in total. The van der Waals surface area contributed by atoms with Crippen LogP contribution in [0.4, 0.5) is 0 Å². The molecule has 0 bridgehead atoms. The van der Waals surface area contributed by atoms with Crippen LogP contribution in [0.3, 0.4) is 0 Å². The molecule has 0 spiro atoms. The first-order valence-electron chi connectivity index (χ1n) is 8.77. The number of methoxy groups -OCH3 is 1. The van der Waals surface area contributed by atoms with Crippen LogP contribution < -0.4 is 4.74 Å². The Morgan fingerprint density at radius 3 is 2.57 bits per heavy atom. The molecule has 1 aromatic carbocycles. The lowest BCUT2D eigenvalue weighted by atomic mass is 10.1. The number of carbonyl (C=O) groups is 1. The normalized spacial score (nSPS) is 18.4. The Morgan fingerprint density at radius 2 is 2.00 bits per heavy atom. The first-order valence-corrected chi connectivity index (χ1v) is 10.6. The standard InChI is InChI=1S/C19H19N3O5S/c1-11-17-15(19(23)24)9-16(12-3-5-14(27-2)6-4-12)20-18(17)22(21-11)13-7-8-28(25,26)10-13/h3-6,9,13H,7-8,10H2,1-2H3,(H,23,24)/t13-/m0/s1. The molecule has 0 radical (unpaired) electrons. The number of hydrogen-bond donors (Lipinski definition) is 1. The van der Waals surface area contributed by atoms with E-state index >= 15 is 0 Å². The van der Waals surface area contributed by atoms with Crippen molar-refractivity contribution in [2.24, 2.45) is 0 Å². The molecule has 1 N–H and O–H groups in total. The SMILES string of the molecule is COc1ccc(-c2cc(C(=O)O)c3c(C)nn([C@H]4CCS(=O)(=O)C4)c3n2)cc1. The maximum absolute atomic E-state index is 11.9. The highest BCUT2D eigenvalue weighted by atomic mass is 32.2. The molecule has 1 atom stereocenters. The third-order valence-electron chi connectivity index (χ3n) is 5.01. The van der Waals surface area contributed by atoms with Gasteiger partial charge in [-0.05, 0) is 43.7 Å². The molecule has 2 aromatic heterocycles. The zero-order valence-corrected chi connectivity index (χ0v) is 16.2. The van der Waals surface area contributed by atoms with Crippen molar-refractivity contribution in [1.29, 1.82) is 0 Å². The van der Waals surface area contributed by atoms with Gasteiger partial charge in [0.05, 0.1) is 47.0 Å². The average Bonchev–Trinajstić information content (AvgIpc) is 3.20. The number of aromatic nitrogens is 3. The molecule has 4 rings (SSSR count). The lowest BCUT2D eigenvalue weighted by Gasteiger charge is -2.11. The van der Waals surface area contributed by atoms with Crippen molar-refractivity contribution in [2.45, 2.75) is 19.4 Å². The van der Waals surface area contributed by atoms with E-state index in [2.05, 4.69) is 10.1 Å². The fraction of sp³-hybridized carbons (Fsp3) is 0.316. The third-order valence-corrected chi connectivity index (χ3v) is 6.76. The molecule has 0 aliphatic carbocycles. The molecular formula is C19H19N3O5S. The van der Waals surface area contributed by atoms with E-state index in [1.807, 2.05) is 0 Å². The molecular weight excluding hydrogens is 382 g/mol. The molecule has 1 aliphatic rings. The second-order valence-electron chi connectivity index (χ2n) is 6.87. The number of ether oxygens (including phenoxy) is 1. The quantitative estimate of drug-likeness (QED) is 0.715. The summed E-state index contributed by atoms with van der Waals surface area (Å²) in [6, 6.07) is 8.32. The van der Waals surface area contributed by atoms with E-state index in [1.165, 1.54) is 6.07 Å². The monoisotopic (exact) mass is 401 g/mol. The highest BCUT2D eigenvalue weighted by molar-refractivity contribution is 7.91. The van der Waals surface area contributed by atoms with Crippen LogP contribution in [0.1, 0.15) is 28.5 Å². The van der Waals surface area contributed by atoms with Crippen molar-refractivity contribution < 1.29 is 23.1 Å². The van der Waals surface area contributed by atoms with E-state index < -0.39 is 15.8 Å². The van der Waals surface area contributed by atoms with Crippen LogP contribution in [0.25, 0.3) is 22.3 Å². The number of sulfone groups is 1. The van der Waals surface area contributed by atoms with Crippen molar-refractivity contribution in [3.05, 3.63) is 41.6 Å². The Morgan fingerprint density at radius 1 is 1.29 bits per heavy atom. The molecule has 0 amide bonds. The van der Waals surface area contributed by atoms with Crippen molar-refractivity contribution in [1.82, 2.24) is 14.8 Å². The van der Waals surface area contributed by atoms with Gasteiger partial charge in [0, 0.05) is 5.56 Å². The lowest BCUT2D eigenvalue weighted by molar-refractivity contribution is 0.0699. The number of aromatic carboxylic acids is 1. The van der Waals surface area contributed by atoms with E-state index in [1.54, 1.807) is 43.0 Å². The molecule has 1 aliphatic heterocycles. The lowest BCUT2D eigenvalue weighted by Crippen LogP contribution is -2.13. The Hall–Kier alpha value is -2.94. The van der Waals surface area contributed by atoms with Crippen molar-refractivity contribution in [3.8, 4) is 17.0 Å². The van der Waals surface area contributed by atoms with Gasteiger partial charge < -0.3 is 9.84 Å². The number of benzene rings is 1. The van der Waals surface area contributed by atoms with Crippen LogP contribution in [-0.2, 0) is 9.84 Å². The zero-order chi connectivity index (χ0) is 20.1. The first-order chi connectivity index (χ1) is 13.3. The number of pyridine rings is 1. The minimum atomic E-state index is -3.12. The summed E-state index contributed by atoms with van der Waals surface area (Å²) >= 11 is 0. The molecule has 28 heavy (non-hydrogen) atoms. The highest BCUT2D eigenvalue weighted by Crippen LogP contribution is 2.32. The summed E-state index contributed by atoms with van der Waals surface area (Å²) in [5.74, 6) is -0.313. The summed E-state index contributed by atoms with van der Waals surface area (Å²) in [6.07, 6.45) is 0.440. The predicted octanol–water partition coefficient (Wildman–Crippen LogP) is 2.47. The van der Waals surface area contributed by atoms with Gasteiger partial charge in [-0.15, -0.1) is 0 Å². The maximum atomic E-state index is 11.9. The first kappa shape index (κ1) is 18.4. The number of carboxylic acid groups (broad SMARTS) is 1. The van der Waals surface area contributed by atoms with Gasteiger partial charge >= 0.3 is 5.97 Å². The van der Waals surface area contributed by atoms with Gasteiger partial charge in [-0.1, -0.05) is 0 Å². The molecule has 3 aromatic rings. The summed E-state index contributed by atoms with van der Waals surface area (Å²) in [5.41, 5.74) is 2.22. The summed E-state index contributed by atoms with van der Waals surface area (Å²) in [6.45, 7) is 1.71. The largest absolute Gasteiger partial charge is 0.497 e. The number of hydrogen-bond acceptors (Lipinski definition) is 6. The Kier molecular flexibility index (Phi) is 4.34. The van der Waals surface area contributed by atoms with Crippen LogP contribution in [0, 0.1) is 6.92 Å². The Bertz CT molecular complexity index is 1180. The molecule has 146 valence electrons.